The van der Waals surface area contributed by atoms with E-state index in [1.807, 2.05) is 0 Å². The second-order valence-corrected chi connectivity index (χ2v) is 5.84. The molecule has 11 nitrogen and oxygen atoms in total. The lowest BCUT2D eigenvalue weighted by Crippen LogP contribution is -2.48. The van der Waals surface area contributed by atoms with Crippen molar-refractivity contribution in [2.45, 2.75) is 38.0 Å². The van der Waals surface area contributed by atoms with Gasteiger partial charge in [0.2, 0.25) is 5.88 Å². The molecule has 12 heteroatoms. The van der Waals surface area contributed by atoms with E-state index in [1.165, 1.54) is 10.9 Å². The maximum absolute atomic E-state index is 14.8. The first-order valence-corrected chi connectivity index (χ1v) is 7.93. The molecule has 3 heterocycles. The minimum Gasteiger partial charge on any atom is -0.476 e. The molecule has 0 aromatic carbocycles. The first-order chi connectivity index (χ1) is 12.5. The number of nitrogens with zero attached hydrogens (tertiary/aromatic N) is 7. The number of aliphatic hydroxyl groups is 2. The number of fused-ring (bicyclic) bond motifs is 1. The van der Waals surface area contributed by atoms with Gasteiger partial charge in [-0.15, -0.1) is 0 Å². The van der Waals surface area contributed by atoms with Gasteiger partial charge in [-0.3, -0.25) is 4.57 Å². The van der Waals surface area contributed by atoms with E-state index in [9.17, 15) is 14.6 Å². The van der Waals surface area contributed by atoms with Crippen molar-refractivity contribution < 1.29 is 24.1 Å². The van der Waals surface area contributed by atoms with Gasteiger partial charge >= 0.3 is 0 Å². The Kier molecular flexibility index (Phi) is 4.92. The third-order valence-electron chi connectivity index (χ3n) is 4.19. The standard InChI is InChI=1S/C14H18FN7O4/c1-3-25-12-9-11(19-7(2)20-12)22(6-17-9)13-8(15)10(24)14(5-23,26-13)4-18-21-16/h6,8,10,13,23-24H,3-5H2,1-2H3/t8-,10+,13-,14-/m1/s1. The highest BCUT2D eigenvalue weighted by molar-refractivity contribution is 5.76. The predicted octanol–water partition coefficient (Wildman–Crippen LogP) is 0.803. The summed E-state index contributed by atoms with van der Waals surface area (Å²) in [6, 6.07) is 0. The molecular weight excluding hydrogens is 349 g/mol. The van der Waals surface area contributed by atoms with Gasteiger partial charge in [0.25, 0.3) is 0 Å². The van der Waals surface area contributed by atoms with E-state index in [0.717, 1.165) is 0 Å². The molecule has 0 radical (unpaired) electrons. The van der Waals surface area contributed by atoms with E-state index in [0.29, 0.717) is 17.9 Å². The third-order valence-corrected chi connectivity index (χ3v) is 4.19. The summed E-state index contributed by atoms with van der Waals surface area (Å²) in [4.78, 5) is 15.2. The van der Waals surface area contributed by atoms with Gasteiger partial charge in [0.05, 0.1) is 26.1 Å². The molecule has 0 saturated carbocycles. The normalized spacial score (nSPS) is 28.3. The SMILES string of the molecule is CCOc1nc(C)nc2c1ncn2[C@@H]1O[C@@](CO)(CN=[N+]=[N-])[C@@H](O)[C@H]1F. The molecule has 0 unspecified atom stereocenters. The first-order valence-electron chi connectivity index (χ1n) is 7.93. The van der Waals surface area contributed by atoms with Crippen LogP contribution in [0, 0.1) is 6.92 Å². The minimum atomic E-state index is -1.90. The largest absolute Gasteiger partial charge is 0.476 e. The van der Waals surface area contributed by atoms with Crippen LogP contribution in [0.25, 0.3) is 21.6 Å². The number of halogens is 1. The van der Waals surface area contributed by atoms with Crippen molar-refractivity contribution in [1.29, 1.82) is 0 Å². The van der Waals surface area contributed by atoms with Gasteiger partial charge in [-0.25, -0.2) is 14.4 Å². The van der Waals surface area contributed by atoms with Crippen molar-refractivity contribution in [2.75, 3.05) is 19.8 Å². The average Bonchev–Trinajstić information content (AvgIpc) is 3.14. The second kappa shape index (κ2) is 7.00. The lowest BCUT2D eigenvalue weighted by Gasteiger charge is -2.27. The number of imidazole rings is 1. The molecule has 1 aliphatic heterocycles. The van der Waals surface area contributed by atoms with Gasteiger partial charge in [0, 0.05) is 4.91 Å². The molecule has 0 amide bonds. The van der Waals surface area contributed by atoms with Gasteiger partial charge in [-0.2, -0.15) is 4.98 Å². The summed E-state index contributed by atoms with van der Waals surface area (Å²) in [7, 11) is 0. The molecule has 140 valence electrons. The van der Waals surface area contributed by atoms with Crippen molar-refractivity contribution >= 4 is 11.2 Å². The highest BCUT2D eigenvalue weighted by atomic mass is 19.1. The summed E-state index contributed by atoms with van der Waals surface area (Å²) in [5.41, 5.74) is 7.32. The molecule has 2 aromatic rings. The van der Waals surface area contributed by atoms with E-state index >= 15 is 0 Å². The molecule has 0 aliphatic carbocycles. The highest BCUT2D eigenvalue weighted by Crippen LogP contribution is 2.40. The van der Waals surface area contributed by atoms with Crippen LogP contribution in [0.2, 0.25) is 0 Å². The Hall–Kier alpha value is -2.53. The number of hydrogen-bond donors (Lipinski definition) is 2. The summed E-state index contributed by atoms with van der Waals surface area (Å²) in [5.74, 6) is 0.643. The molecule has 1 fully saturated rings. The van der Waals surface area contributed by atoms with E-state index in [2.05, 4.69) is 25.0 Å². The first kappa shape index (κ1) is 18.3. The van der Waals surface area contributed by atoms with Crippen LogP contribution >= 0.6 is 0 Å². The number of alkyl halides is 1. The lowest BCUT2D eigenvalue weighted by molar-refractivity contribution is -0.120. The van der Waals surface area contributed by atoms with Crippen LogP contribution in [0.4, 0.5) is 4.39 Å². The monoisotopic (exact) mass is 367 g/mol. The van der Waals surface area contributed by atoms with Gasteiger partial charge in [-0.05, 0) is 19.4 Å². The van der Waals surface area contributed by atoms with Crippen LogP contribution < -0.4 is 4.74 Å². The van der Waals surface area contributed by atoms with Crippen LogP contribution in [0.1, 0.15) is 19.0 Å². The van der Waals surface area contributed by atoms with Crippen molar-refractivity contribution in [1.82, 2.24) is 19.5 Å². The summed E-state index contributed by atoms with van der Waals surface area (Å²) in [5, 5.41) is 23.2. The maximum atomic E-state index is 14.8. The lowest BCUT2D eigenvalue weighted by atomic mass is 9.97. The van der Waals surface area contributed by atoms with Gasteiger partial charge in [0.15, 0.2) is 23.6 Å². The van der Waals surface area contributed by atoms with Gasteiger partial charge in [0.1, 0.15) is 17.5 Å². The topological polar surface area (TPSA) is 151 Å². The third kappa shape index (κ3) is 2.82. The second-order valence-electron chi connectivity index (χ2n) is 5.84. The number of rotatable bonds is 6. The fourth-order valence-corrected chi connectivity index (χ4v) is 2.91. The molecule has 1 aliphatic rings. The van der Waals surface area contributed by atoms with Gasteiger partial charge in [-0.1, -0.05) is 5.11 Å². The molecule has 1 saturated heterocycles. The Morgan fingerprint density at radius 1 is 1.54 bits per heavy atom. The summed E-state index contributed by atoms with van der Waals surface area (Å²) < 4.78 is 27.1. The Morgan fingerprint density at radius 2 is 2.31 bits per heavy atom. The van der Waals surface area contributed by atoms with Crippen LogP contribution in [0.3, 0.4) is 0 Å². The smallest absolute Gasteiger partial charge is 0.245 e. The fraction of sp³-hybridized carbons (Fsp3) is 0.643. The molecule has 3 rings (SSSR count). The van der Waals surface area contributed by atoms with Crippen molar-refractivity contribution in [2.24, 2.45) is 5.11 Å². The van der Waals surface area contributed by atoms with Crippen molar-refractivity contribution in [3.8, 4) is 5.88 Å². The molecule has 2 aromatic heterocycles. The molecule has 0 bridgehead atoms. The number of aromatic nitrogens is 4. The van der Waals surface area contributed by atoms with Crippen LogP contribution in [-0.2, 0) is 4.74 Å². The number of aliphatic hydroxyl groups excluding tert-OH is 2. The van der Waals surface area contributed by atoms with Crippen LogP contribution in [0.5, 0.6) is 5.88 Å². The molecule has 26 heavy (non-hydrogen) atoms. The summed E-state index contributed by atoms with van der Waals surface area (Å²) in [6.45, 7) is 2.65. The highest BCUT2D eigenvalue weighted by Gasteiger charge is 2.55. The van der Waals surface area contributed by atoms with Crippen molar-refractivity contribution in [3.05, 3.63) is 22.6 Å². The number of azide groups is 1. The van der Waals surface area contributed by atoms with Crippen LogP contribution in [-0.4, -0.2) is 67.4 Å². The Labute approximate surface area is 147 Å². The zero-order valence-corrected chi connectivity index (χ0v) is 14.2. The summed E-state index contributed by atoms with van der Waals surface area (Å²) >= 11 is 0. The van der Waals surface area contributed by atoms with E-state index < -0.39 is 37.3 Å². The Bertz CT molecular complexity index is 855. The zero-order valence-electron chi connectivity index (χ0n) is 14.2. The predicted molar refractivity (Wildman–Crippen MR) is 86.1 cm³/mol. The molecule has 2 N–H and O–H groups in total. The number of aryl methyl sites for hydroxylation is 1. The van der Waals surface area contributed by atoms with Crippen LogP contribution in [0.15, 0.2) is 11.4 Å². The quantitative estimate of drug-likeness (QED) is 0.435. The molecule has 4 atom stereocenters. The Morgan fingerprint density at radius 3 is 2.96 bits per heavy atom. The minimum absolute atomic E-state index is 0.255. The van der Waals surface area contributed by atoms with Gasteiger partial charge < -0.3 is 19.7 Å². The van der Waals surface area contributed by atoms with E-state index in [4.69, 9.17) is 15.0 Å². The fourth-order valence-electron chi connectivity index (χ4n) is 2.91. The van der Waals surface area contributed by atoms with E-state index in [-0.39, 0.29) is 11.5 Å². The molecule has 0 spiro atoms. The van der Waals surface area contributed by atoms with Crippen molar-refractivity contribution in [3.63, 3.8) is 0 Å². The Balaban J connectivity index is 2.05. The zero-order chi connectivity index (χ0) is 18.9. The average molecular weight is 367 g/mol. The molecular formula is C14H18FN7O4. The maximum Gasteiger partial charge on any atom is 0.245 e. The number of ether oxygens (including phenoxy) is 2. The van der Waals surface area contributed by atoms with E-state index in [1.54, 1.807) is 13.8 Å². The summed E-state index contributed by atoms with van der Waals surface area (Å²) in [6.07, 6.45) is -3.62. The number of hydrogen-bond acceptors (Lipinski definition) is 8.